The zero-order chi connectivity index (χ0) is 14.6. The summed E-state index contributed by atoms with van der Waals surface area (Å²) in [4.78, 5) is 19.5. The number of aliphatic carboxylic acids is 1. The maximum atomic E-state index is 11.6. The first-order valence-electron chi connectivity index (χ1n) is 7.04. The van der Waals surface area contributed by atoms with Gasteiger partial charge in [-0.3, -0.25) is 9.69 Å². The summed E-state index contributed by atoms with van der Waals surface area (Å²) in [5.74, 6) is -0.649. The van der Waals surface area contributed by atoms with E-state index >= 15 is 0 Å². The molecule has 2 heterocycles. The zero-order valence-corrected chi connectivity index (χ0v) is 12.8. The van der Waals surface area contributed by atoms with Crippen LogP contribution in [0.5, 0.6) is 0 Å². The fourth-order valence-corrected chi connectivity index (χ4v) is 3.58. The van der Waals surface area contributed by atoms with Crippen molar-refractivity contribution in [3.8, 4) is 0 Å². The first kappa shape index (κ1) is 15.2. The minimum absolute atomic E-state index is 0.552. The van der Waals surface area contributed by atoms with Gasteiger partial charge in [0, 0.05) is 11.1 Å². The van der Waals surface area contributed by atoms with Crippen molar-refractivity contribution in [1.29, 1.82) is 0 Å². The molecule has 0 radical (unpaired) electrons. The Morgan fingerprint density at radius 1 is 1.60 bits per heavy atom. The number of aromatic nitrogens is 1. The molecule has 0 amide bonds. The number of allylic oxidation sites excluding steroid dienone is 1. The van der Waals surface area contributed by atoms with Gasteiger partial charge >= 0.3 is 5.97 Å². The van der Waals surface area contributed by atoms with Gasteiger partial charge in [0.05, 0.1) is 12.0 Å². The van der Waals surface area contributed by atoms with Crippen molar-refractivity contribution in [1.82, 2.24) is 9.88 Å². The SMILES string of the molecule is C=CCCC1(C(=O)O)CCN(Cc2ncc(C)s2)CC1. The monoisotopic (exact) mass is 294 g/mol. The van der Waals surface area contributed by atoms with E-state index in [1.807, 2.05) is 12.3 Å². The normalized spacial score (nSPS) is 18.9. The predicted molar refractivity (Wildman–Crippen MR) is 80.9 cm³/mol. The summed E-state index contributed by atoms with van der Waals surface area (Å²) >= 11 is 1.72. The highest BCUT2D eigenvalue weighted by Gasteiger charge is 2.40. The van der Waals surface area contributed by atoms with Gasteiger partial charge in [-0.2, -0.15) is 0 Å². The molecule has 0 saturated carbocycles. The highest BCUT2D eigenvalue weighted by Crippen LogP contribution is 2.37. The molecule has 1 fully saturated rings. The van der Waals surface area contributed by atoms with E-state index < -0.39 is 11.4 Å². The number of aryl methyl sites for hydroxylation is 1. The smallest absolute Gasteiger partial charge is 0.309 e. The fourth-order valence-electron chi connectivity index (χ4n) is 2.75. The number of carbonyl (C=O) groups is 1. The molecule has 1 saturated heterocycles. The summed E-state index contributed by atoms with van der Waals surface area (Å²) in [7, 11) is 0. The summed E-state index contributed by atoms with van der Waals surface area (Å²) < 4.78 is 0. The minimum Gasteiger partial charge on any atom is -0.481 e. The molecule has 1 aliphatic rings. The van der Waals surface area contributed by atoms with E-state index in [4.69, 9.17) is 0 Å². The van der Waals surface area contributed by atoms with Gasteiger partial charge in [0.25, 0.3) is 0 Å². The van der Waals surface area contributed by atoms with Crippen molar-refractivity contribution in [2.45, 2.75) is 39.2 Å². The molecule has 5 heteroatoms. The third-order valence-corrected chi connectivity index (χ3v) is 5.02. The molecule has 20 heavy (non-hydrogen) atoms. The standard InChI is InChI=1S/C15H22N2O2S/c1-3-4-5-15(14(18)19)6-8-17(9-7-15)11-13-16-10-12(2)20-13/h3,10H,1,4-9,11H2,2H3,(H,18,19). The van der Waals surface area contributed by atoms with Crippen LogP contribution < -0.4 is 0 Å². The number of carboxylic acids is 1. The van der Waals surface area contributed by atoms with Crippen molar-refractivity contribution in [3.05, 3.63) is 28.7 Å². The Labute approximate surface area is 124 Å². The maximum absolute atomic E-state index is 11.6. The van der Waals surface area contributed by atoms with Crippen LogP contribution in [-0.4, -0.2) is 34.0 Å². The molecule has 1 aromatic rings. The lowest BCUT2D eigenvalue weighted by Crippen LogP contribution is -2.44. The molecule has 0 aliphatic carbocycles. The second-order valence-electron chi connectivity index (χ2n) is 5.55. The third-order valence-electron chi connectivity index (χ3n) is 4.12. The van der Waals surface area contributed by atoms with Crippen LogP contribution in [0.3, 0.4) is 0 Å². The van der Waals surface area contributed by atoms with Gasteiger partial charge in [-0.25, -0.2) is 4.98 Å². The van der Waals surface area contributed by atoms with E-state index in [1.165, 1.54) is 4.88 Å². The average Bonchev–Trinajstić information content (AvgIpc) is 2.83. The molecule has 0 spiro atoms. The van der Waals surface area contributed by atoms with Crippen molar-refractivity contribution < 1.29 is 9.90 Å². The van der Waals surface area contributed by atoms with Crippen LogP contribution in [0.15, 0.2) is 18.9 Å². The van der Waals surface area contributed by atoms with Crippen LogP contribution >= 0.6 is 11.3 Å². The van der Waals surface area contributed by atoms with Crippen LogP contribution in [-0.2, 0) is 11.3 Å². The van der Waals surface area contributed by atoms with Gasteiger partial charge in [-0.1, -0.05) is 6.08 Å². The van der Waals surface area contributed by atoms with Crippen molar-refractivity contribution in [3.63, 3.8) is 0 Å². The molecular weight excluding hydrogens is 272 g/mol. The summed E-state index contributed by atoms with van der Waals surface area (Å²) in [6.07, 6.45) is 6.64. The number of hydrogen-bond acceptors (Lipinski definition) is 4. The molecule has 0 atom stereocenters. The third kappa shape index (κ3) is 3.46. The highest BCUT2D eigenvalue weighted by molar-refractivity contribution is 7.11. The van der Waals surface area contributed by atoms with Gasteiger partial charge in [0.1, 0.15) is 5.01 Å². The first-order chi connectivity index (χ1) is 9.55. The van der Waals surface area contributed by atoms with E-state index in [0.717, 1.165) is 43.9 Å². The van der Waals surface area contributed by atoms with Crippen molar-refractivity contribution in [2.24, 2.45) is 5.41 Å². The number of nitrogens with zero attached hydrogens (tertiary/aromatic N) is 2. The van der Waals surface area contributed by atoms with Gasteiger partial charge in [0.2, 0.25) is 0 Å². The molecule has 1 aromatic heterocycles. The van der Waals surface area contributed by atoms with Crippen LogP contribution in [0.25, 0.3) is 0 Å². The van der Waals surface area contributed by atoms with Crippen molar-refractivity contribution >= 4 is 17.3 Å². The van der Waals surface area contributed by atoms with Crippen LogP contribution in [0, 0.1) is 12.3 Å². The average molecular weight is 294 g/mol. The predicted octanol–water partition coefficient (Wildman–Crippen LogP) is 3.08. The lowest BCUT2D eigenvalue weighted by atomic mass is 9.75. The molecule has 0 bridgehead atoms. The maximum Gasteiger partial charge on any atom is 0.309 e. The van der Waals surface area contributed by atoms with E-state index in [9.17, 15) is 9.90 Å². The van der Waals surface area contributed by atoms with E-state index in [1.54, 1.807) is 11.3 Å². The van der Waals surface area contributed by atoms with Gasteiger partial charge in [0.15, 0.2) is 0 Å². The summed E-state index contributed by atoms with van der Waals surface area (Å²) in [5.41, 5.74) is -0.552. The van der Waals surface area contributed by atoms with E-state index in [0.29, 0.717) is 6.42 Å². The van der Waals surface area contributed by atoms with E-state index in [-0.39, 0.29) is 0 Å². The number of piperidine rings is 1. The number of hydrogen-bond donors (Lipinski definition) is 1. The summed E-state index contributed by atoms with van der Waals surface area (Å²) in [5, 5.41) is 10.7. The molecule has 1 aliphatic heterocycles. The summed E-state index contributed by atoms with van der Waals surface area (Å²) in [6, 6.07) is 0. The van der Waals surface area contributed by atoms with E-state index in [2.05, 4.69) is 23.4 Å². The second kappa shape index (κ2) is 6.50. The molecule has 1 N–H and O–H groups in total. The fraction of sp³-hybridized carbons (Fsp3) is 0.600. The Morgan fingerprint density at radius 2 is 2.30 bits per heavy atom. The largest absolute Gasteiger partial charge is 0.481 e. The lowest BCUT2D eigenvalue weighted by Gasteiger charge is -2.38. The van der Waals surface area contributed by atoms with Crippen LogP contribution in [0.2, 0.25) is 0 Å². The van der Waals surface area contributed by atoms with Crippen molar-refractivity contribution in [2.75, 3.05) is 13.1 Å². The second-order valence-corrected chi connectivity index (χ2v) is 6.87. The van der Waals surface area contributed by atoms with Gasteiger partial charge in [-0.05, 0) is 45.7 Å². The number of thiazole rings is 1. The molecule has 2 rings (SSSR count). The quantitative estimate of drug-likeness (QED) is 0.819. The minimum atomic E-state index is -0.649. The molecule has 110 valence electrons. The van der Waals surface area contributed by atoms with Crippen LogP contribution in [0.1, 0.15) is 35.6 Å². The van der Waals surface area contributed by atoms with Gasteiger partial charge in [-0.15, -0.1) is 17.9 Å². The Morgan fingerprint density at radius 3 is 2.80 bits per heavy atom. The molecular formula is C15H22N2O2S. The lowest BCUT2D eigenvalue weighted by molar-refractivity contribution is -0.152. The molecule has 0 aromatic carbocycles. The highest BCUT2D eigenvalue weighted by atomic mass is 32.1. The molecule has 4 nitrogen and oxygen atoms in total. The van der Waals surface area contributed by atoms with Gasteiger partial charge < -0.3 is 5.11 Å². The zero-order valence-electron chi connectivity index (χ0n) is 12.0. The van der Waals surface area contributed by atoms with Crippen LogP contribution in [0.4, 0.5) is 0 Å². The summed E-state index contributed by atoms with van der Waals surface area (Å²) in [6.45, 7) is 8.27. The Hall–Kier alpha value is -1.20. The number of rotatable bonds is 6. The Bertz CT molecular complexity index is 476. The number of likely N-dealkylation sites (tertiary alicyclic amines) is 1. The Kier molecular flexibility index (Phi) is 4.94. The first-order valence-corrected chi connectivity index (χ1v) is 7.85. The molecule has 0 unspecified atom stereocenters. The Balaban J connectivity index is 1.92. The number of carboxylic acid groups (broad SMARTS) is 1. The topological polar surface area (TPSA) is 53.4 Å².